The van der Waals surface area contributed by atoms with E-state index in [0.29, 0.717) is 40.9 Å². The summed E-state index contributed by atoms with van der Waals surface area (Å²) in [5.74, 6) is 0.821. The number of carbonyl (C=O) groups is 2. The molecule has 0 bridgehead atoms. The van der Waals surface area contributed by atoms with Gasteiger partial charge in [0.05, 0.1) is 13.2 Å². The first kappa shape index (κ1) is 26.3. The van der Waals surface area contributed by atoms with Crippen LogP contribution < -0.4 is 9.47 Å². The van der Waals surface area contributed by atoms with Crippen molar-refractivity contribution in [3.63, 3.8) is 0 Å². The van der Waals surface area contributed by atoms with Crippen LogP contribution in [0.15, 0.2) is 42.5 Å². The first-order chi connectivity index (χ1) is 17.1. The molecule has 3 rings (SSSR count). The van der Waals surface area contributed by atoms with Gasteiger partial charge in [0.2, 0.25) is 0 Å². The molecule has 0 aromatic heterocycles. The zero-order valence-corrected chi connectivity index (χ0v) is 21.1. The van der Waals surface area contributed by atoms with Gasteiger partial charge in [0.25, 0.3) is 0 Å². The molecule has 0 aliphatic carbocycles. The van der Waals surface area contributed by atoms with Crippen LogP contribution in [-0.4, -0.2) is 25.5 Å². The predicted molar refractivity (Wildman–Crippen MR) is 138 cm³/mol. The highest BCUT2D eigenvalue weighted by atomic mass is 16.7. The Balaban J connectivity index is 2.05. The maximum Gasteiger partial charge on any atom is 0.513 e. The Labute approximate surface area is 207 Å². The molecule has 0 aliphatic heterocycles. The lowest BCUT2D eigenvalue weighted by atomic mass is 9.95. The van der Waals surface area contributed by atoms with Gasteiger partial charge in [0.15, 0.2) is 5.75 Å². The molecule has 188 valence electrons. The van der Waals surface area contributed by atoms with Gasteiger partial charge in [0.1, 0.15) is 5.75 Å². The number of hydrogen-bond donors (Lipinski definition) is 0. The summed E-state index contributed by atoms with van der Waals surface area (Å²) in [6.45, 7) is 6.91. The fourth-order valence-corrected chi connectivity index (χ4v) is 4.15. The van der Waals surface area contributed by atoms with E-state index in [1.54, 1.807) is 0 Å². The molecule has 0 N–H and O–H groups in total. The quantitative estimate of drug-likeness (QED) is 0.112. The molecule has 0 saturated carbocycles. The van der Waals surface area contributed by atoms with E-state index in [1.165, 1.54) is 0 Å². The minimum Gasteiger partial charge on any atom is -0.434 e. The van der Waals surface area contributed by atoms with Crippen LogP contribution in [0.1, 0.15) is 71.3 Å². The summed E-state index contributed by atoms with van der Waals surface area (Å²) in [5, 5.41) is 2.76. The van der Waals surface area contributed by atoms with Gasteiger partial charge in [-0.25, -0.2) is 9.59 Å². The lowest BCUT2D eigenvalue weighted by Gasteiger charge is -2.18. The van der Waals surface area contributed by atoms with Crippen molar-refractivity contribution in [2.24, 2.45) is 0 Å². The largest absolute Gasteiger partial charge is 0.513 e. The molecule has 6 heteroatoms. The summed E-state index contributed by atoms with van der Waals surface area (Å²) in [6.07, 6.45) is 5.84. The van der Waals surface area contributed by atoms with Crippen LogP contribution in [0.2, 0.25) is 0 Å². The maximum atomic E-state index is 12.6. The van der Waals surface area contributed by atoms with E-state index in [-0.39, 0.29) is 0 Å². The number of benzene rings is 3. The van der Waals surface area contributed by atoms with E-state index >= 15 is 0 Å². The van der Waals surface area contributed by atoms with E-state index in [1.807, 2.05) is 42.5 Å². The topological polar surface area (TPSA) is 71.1 Å². The van der Waals surface area contributed by atoms with Gasteiger partial charge in [-0.3, -0.25) is 0 Å². The number of unbranched alkanes of at least 4 members (excludes halogenated alkanes) is 4. The fourth-order valence-electron chi connectivity index (χ4n) is 4.15. The van der Waals surface area contributed by atoms with E-state index in [0.717, 1.165) is 62.3 Å². The van der Waals surface area contributed by atoms with E-state index in [9.17, 15) is 9.59 Å². The summed E-state index contributed by atoms with van der Waals surface area (Å²) in [7, 11) is 0. The van der Waals surface area contributed by atoms with Crippen LogP contribution in [0.3, 0.4) is 0 Å². The predicted octanol–water partition coefficient (Wildman–Crippen LogP) is 8.36. The fraction of sp³-hybridized carbons (Fsp3) is 0.448. The number of fused-ring (bicyclic) bond motifs is 2. The van der Waals surface area contributed by atoms with Crippen LogP contribution in [0.25, 0.3) is 21.5 Å². The molecule has 0 amide bonds. The van der Waals surface area contributed by atoms with Crippen LogP contribution in [0.5, 0.6) is 11.5 Å². The Morgan fingerprint density at radius 2 is 1.17 bits per heavy atom. The Hall–Kier alpha value is -3.28. The summed E-state index contributed by atoms with van der Waals surface area (Å²) >= 11 is 0. The minimum absolute atomic E-state index is 0.314. The van der Waals surface area contributed by atoms with Gasteiger partial charge in [-0.15, -0.1) is 0 Å². The highest BCUT2D eigenvalue weighted by Gasteiger charge is 2.22. The maximum absolute atomic E-state index is 12.6. The molecule has 0 heterocycles. The van der Waals surface area contributed by atoms with Crippen molar-refractivity contribution < 1.29 is 28.5 Å². The molecule has 0 saturated heterocycles. The Kier molecular flexibility index (Phi) is 10.2. The number of hydrogen-bond acceptors (Lipinski definition) is 6. The van der Waals surface area contributed by atoms with E-state index < -0.39 is 12.3 Å². The number of ether oxygens (including phenoxy) is 4. The Morgan fingerprint density at radius 1 is 0.629 bits per heavy atom. The van der Waals surface area contributed by atoms with Gasteiger partial charge in [-0.1, -0.05) is 95.3 Å². The first-order valence-electron chi connectivity index (χ1n) is 12.8. The highest BCUT2D eigenvalue weighted by Crippen LogP contribution is 2.44. The molecule has 0 spiro atoms. The van der Waals surface area contributed by atoms with Gasteiger partial charge < -0.3 is 18.9 Å². The third kappa shape index (κ3) is 6.87. The monoisotopic (exact) mass is 480 g/mol. The van der Waals surface area contributed by atoms with Crippen molar-refractivity contribution >= 4 is 33.9 Å². The minimum atomic E-state index is -0.738. The second-order valence-corrected chi connectivity index (χ2v) is 8.61. The number of aryl methyl sites for hydroxylation is 1. The molecule has 0 atom stereocenters. The molecule has 0 unspecified atom stereocenters. The van der Waals surface area contributed by atoms with Crippen LogP contribution in [0, 0.1) is 0 Å². The first-order valence-corrected chi connectivity index (χ1v) is 12.8. The third-order valence-corrected chi connectivity index (χ3v) is 5.86. The molecule has 3 aromatic rings. The smallest absolute Gasteiger partial charge is 0.434 e. The van der Waals surface area contributed by atoms with Crippen molar-refractivity contribution in [1.82, 2.24) is 0 Å². The van der Waals surface area contributed by atoms with E-state index in [2.05, 4.69) is 20.8 Å². The van der Waals surface area contributed by atoms with Crippen LogP contribution in [0.4, 0.5) is 9.59 Å². The molecule has 0 aliphatic rings. The average Bonchev–Trinajstić information content (AvgIpc) is 2.86. The summed E-state index contributed by atoms with van der Waals surface area (Å²) in [4.78, 5) is 25.2. The zero-order chi connectivity index (χ0) is 25.0. The van der Waals surface area contributed by atoms with Crippen molar-refractivity contribution in [2.45, 2.75) is 72.1 Å². The van der Waals surface area contributed by atoms with Gasteiger partial charge in [0, 0.05) is 21.5 Å². The highest BCUT2D eigenvalue weighted by molar-refractivity contribution is 6.13. The summed E-state index contributed by atoms with van der Waals surface area (Å²) in [6, 6.07) is 13.2. The molecule has 0 fully saturated rings. The molecule has 6 nitrogen and oxygen atoms in total. The molecular formula is C29H36O6. The molecule has 35 heavy (non-hydrogen) atoms. The molecule has 0 radical (unpaired) electrons. The number of carbonyl (C=O) groups excluding carboxylic acids is 2. The van der Waals surface area contributed by atoms with E-state index in [4.69, 9.17) is 18.9 Å². The van der Waals surface area contributed by atoms with Gasteiger partial charge in [-0.2, -0.15) is 0 Å². The second kappa shape index (κ2) is 13.6. The lowest BCUT2D eigenvalue weighted by Crippen LogP contribution is -2.14. The average molecular weight is 481 g/mol. The summed E-state index contributed by atoms with van der Waals surface area (Å²) in [5.41, 5.74) is 1.01. The standard InChI is InChI=1S/C29H36O6/c1-4-7-11-19-32-28(30)34-26-22-16-9-10-17-23(22)27(35-29(31)33-20-12-8-5-2)25-21(14-6-3)15-13-18-24(25)26/h9-10,13,15-18H,4-8,11-12,14,19-20H2,1-3H3. The molecular weight excluding hydrogens is 444 g/mol. The van der Waals surface area contributed by atoms with Crippen molar-refractivity contribution in [1.29, 1.82) is 0 Å². The van der Waals surface area contributed by atoms with Crippen LogP contribution in [-0.2, 0) is 15.9 Å². The zero-order valence-electron chi connectivity index (χ0n) is 21.1. The van der Waals surface area contributed by atoms with Gasteiger partial charge >= 0.3 is 12.3 Å². The van der Waals surface area contributed by atoms with Crippen molar-refractivity contribution in [3.05, 3.63) is 48.0 Å². The number of rotatable bonds is 12. The third-order valence-electron chi connectivity index (χ3n) is 5.86. The van der Waals surface area contributed by atoms with Crippen molar-refractivity contribution in [3.8, 4) is 11.5 Å². The normalized spacial score (nSPS) is 10.9. The van der Waals surface area contributed by atoms with Crippen LogP contribution >= 0.6 is 0 Å². The van der Waals surface area contributed by atoms with Gasteiger partial charge in [-0.05, 0) is 24.8 Å². The van der Waals surface area contributed by atoms with Crippen molar-refractivity contribution in [2.75, 3.05) is 13.2 Å². The SMILES string of the molecule is CCCCCOC(=O)Oc1c2ccccc2c(OC(=O)OCCCCC)c2c(CCC)cccc12. The Morgan fingerprint density at radius 3 is 1.74 bits per heavy atom. The summed E-state index contributed by atoms with van der Waals surface area (Å²) < 4.78 is 22.3. The molecule has 3 aromatic carbocycles. The Bertz CT molecular complexity index is 1140. The second-order valence-electron chi connectivity index (χ2n) is 8.61. The lowest BCUT2D eigenvalue weighted by molar-refractivity contribution is 0.0966.